The van der Waals surface area contributed by atoms with Crippen LogP contribution in [0.1, 0.15) is 18.1 Å². The zero-order valence-corrected chi connectivity index (χ0v) is 15.5. The molecule has 0 atom stereocenters. The number of ether oxygens (including phenoxy) is 1. The average molecular weight is 382 g/mol. The summed E-state index contributed by atoms with van der Waals surface area (Å²) < 4.78 is 33.1. The molecule has 0 saturated heterocycles. The van der Waals surface area contributed by atoms with Crippen molar-refractivity contribution < 1.29 is 18.3 Å². The number of carbonyl (C=O) groups is 1. The van der Waals surface area contributed by atoms with Gasteiger partial charge in [0.2, 0.25) is 0 Å². The van der Waals surface area contributed by atoms with E-state index in [-0.39, 0.29) is 19.1 Å². The lowest BCUT2D eigenvalue weighted by atomic mass is 10.0. The van der Waals surface area contributed by atoms with Crippen molar-refractivity contribution in [3.05, 3.63) is 59.8 Å². The van der Waals surface area contributed by atoms with E-state index in [1.807, 2.05) is 35.0 Å². The molecule has 4 nitrogen and oxygen atoms in total. The molecule has 0 aliphatic rings. The highest BCUT2D eigenvalue weighted by Gasteiger charge is 2.16. The maximum absolute atomic E-state index is 13.1. The van der Waals surface area contributed by atoms with Crippen molar-refractivity contribution in [1.82, 2.24) is 4.57 Å². The second kappa shape index (κ2) is 8.66. The summed E-state index contributed by atoms with van der Waals surface area (Å²) >= 11 is 0. The fourth-order valence-electron chi connectivity index (χ4n) is 3.17. The number of hydrogen-bond acceptors (Lipinski definition) is 3. The second-order valence-electron chi connectivity index (χ2n) is 6.69. The Balaban J connectivity index is 2.10. The van der Waals surface area contributed by atoms with Crippen molar-refractivity contribution in [3.8, 4) is 17.2 Å². The SMILES string of the molecule is CC(=O)OCc1ccc2c(-c3cccc(C#N)c3)cn(CC(CF)CF)c2c1. The van der Waals surface area contributed by atoms with E-state index in [1.54, 1.807) is 18.2 Å². The zero-order valence-electron chi connectivity index (χ0n) is 15.5. The highest BCUT2D eigenvalue weighted by atomic mass is 19.1. The van der Waals surface area contributed by atoms with Crippen LogP contribution >= 0.6 is 0 Å². The standard InChI is InChI=1S/C22H20F2N2O2/c1-15(27)28-14-17-5-6-20-21(19-4-2-3-16(7-19)11-25)13-26(22(20)8-17)12-18(9-23)10-24/h2-8,13,18H,9-10,12,14H2,1H3. The Labute approximate surface area is 162 Å². The van der Waals surface area contributed by atoms with Gasteiger partial charge in [-0.15, -0.1) is 0 Å². The van der Waals surface area contributed by atoms with Gasteiger partial charge in [0.1, 0.15) is 6.61 Å². The Kier molecular flexibility index (Phi) is 6.05. The highest BCUT2D eigenvalue weighted by molar-refractivity contribution is 5.96. The first-order valence-electron chi connectivity index (χ1n) is 8.93. The molecular formula is C22H20F2N2O2. The smallest absolute Gasteiger partial charge is 0.302 e. The molecule has 0 fully saturated rings. The number of esters is 1. The molecule has 0 saturated carbocycles. The Morgan fingerprint density at radius 3 is 2.68 bits per heavy atom. The number of aromatic nitrogens is 1. The summed E-state index contributed by atoms with van der Waals surface area (Å²) in [6, 6.07) is 15.0. The van der Waals surface area contributed by atoms with Gasteiger partial charge in [0.15, 0.2) is 0 Å². The predicted octanol–water partition coefficient (Wildman–Crippen LogP) is 4.80. The average Bonchev–Trinajstić information content (AvgIpc) is 3.08. The third kappa shape index (κ3) is 4.20. The van der Waals surface area contributed by atoms with Crippen LogP contribution in [0.15, 0.2) is 48.7 Å². The van der Waals surface area contributed by atoms with Crippen LogP contribution in [-0.4, -0.2) is 23.9 Å². The van der Waals surface area contributed by atoms with Crippen molar-refractivity contribution in [2.45, 2.75) is 20.1 Å². The molecule has 6 heteroatoms. The van der Waals surface area contributed by atoms with E-state index in [1.165, 1.54) is 6.92 Å². The van der Waals surface area contributed by atoms with Gasteiger partial charge in [0.25, 0.3) is 0 Å². The van der Waals surface area contributed by atoms with Gasteiger partial charge in [0, 0.05) is 42.0 Å². The number of hydrogen-bond donors (Lipinski definition) is 0. The number of alkyl halides is 2. The molecular weight excluding hydrogens is 362 g/mol. The van der Waals surface area contributed by atoms with Gasteiger partial charge in [-0.3, -0.25) is 13.6 Å². The number of fused-ring (bicyclic) bond motifs is 1. The van der Waals surface area contributed by atoms with Crippen LogP contribution < -0.4 is 0 Å². The van der Waals surface area contributed by atoms with Crippen LogP contribution in [-0.2, 0) is 22.7 Å². The molecule has 0 aliphatic carbocycles. The van der Waals surface area contributed by atoms with Gasteiger partial charge < -0.3 is 9.30 Å². The minimum Gasteiger partial charge on any atom is -0.461 e. The summed E-state index contributed by atoms with van der Waals surface area (Å²) in [4.78, 5) is 11.1. The van der Waals surface area contributed by atoms with Gasteiger partial charge in [0.05, 0.1) is 25.0 Å². The lowest BCUT2D eigenvalue weighted by Gasteiger charge is -2.12. The first-order valence-corrected chi connectivity index (χ1v) is 8.93. The summed E-state index contributed by atoms with van der Waals surface area (Å²) in [7, 11) is 0. The number of nitriles is 1. The fraction of sp³-hybridized carbons (Fsp3) is 0.273. The van der Waals surface area contributed by atoms with Crippen LogP contribution in [0.3, 0.4) is 0 Å². The third-order valence-corrected chi connectivity index (χ3v) is 4.58. The van der Waals surface area contributed by atoms with Crippen LogP contribution in [0.5, 0.6) is 0 Å². The Morgan fingerprint density at radius 2 is 2.00 bits per heavy atom. The molecule has 0 aliphatic heterocycles. The number of halogens is 2. The van der Waals surface area contributed by atoms with Gasteiger partial charge in [-0.1, -0.05) is 24.3 Å². The summed E-state index contributed by atoms with van der Waals surface area (Å²) in [5.74, 6) is -1.11. The maximum atomic E-state index is 13.1. The molecule has 0 spiro atoms. The van der Waals surface area contributed by atoms with Crippen molar-refractivity contribution in [1.29, 1.82) is 5.26 Å². The van der Waals surface area contributed by atoms with Crippen molar-refractivity contribution in [3.63, 3.8) is 0 Å². The van der Waals surface area contributed by atoms with E-state index < -0.39 is 19.3 Å². The molecule has 1 heterocycles. The van der Waals surface area contributed by atoms with E-state index in [9.17, 15) is 18.8 Å². The Bertz CT molecular complexity index is 1030. The molecule has 2 aromatic carbocycles. The van der Waals surface area contributed by atoms with Crippen LogP contribution in [0.4, 0.5) is 8.78 Å². The van der Waals surface area contributed by atoms with Gasteiger partial charge >= 0.3 is 5.97 Å². The summed E-state index contributed by atoms with van der Waals surface area (Å²) in [6.07, 6.45) is 1.86. The van der Waals surface area contributed by atoms with Crippen LogP contribution in [0.25, 0.3) is 22.0 Å². The lowest BCUT2D eigenvalue weighted by Crippen LogP contribution is -2.14. The molecule has 0 unspecified atom stereocenters. The van der Waals surface area contributed by atoms with Gasteiger partial charge in [-0.05, 0) is 29.3 Å². The van der Waals surface area contributed by atoms with E-state index in [2.05, 4.69) is 6.07 Å². The van der Waals surface area contributed by atoms with E-state index in [4.69, 9.17) is 4.74 Å². The van der Waals surface area contributed by atoms with Gasteiger partial charge in [-0.25, -0.2) is 0 Å². The molecule has 3 aromatic rings. The predicted molar refractivity (Wildman–Crippen MR) is 103 cm³/mol. The fourth-order valence-corrected chi connectivity index (χ4v) is 3.17. The van der Waals surface area contributed by atoms with E-state index >= 15 is 0 Å². The van der Waals surface area contributed by atoms with E-state index in [0.717, 1.165) is 27.6 Å². The summed E-state index contributed by atoms with van der Waals surface area (Å²) in [5, 5.41) is 10.1. The molecule has 144 valence electrons. The summed E-state index contributed by atoms with van der Waals surface area (Å²) in [5.41, 5.74) is 3.86. The van der Waals surface area contributed by atoms with Crippen molar-refractivity contribution >= 4 is 16.9 Å². The zero-order chi connectivity index (χ0) is 20.1. The molecule has 0 N–H and O–H groups in total. The molecule has 1 aromatic heterocycles. The monoisotopic (exact) mass is 382 g/mol. The number of rotatable bonds is 7. The lowest BCUT2D eigenvalue weighted by molar-refractivity contribution is -0.142. The third-order valence-electron chi connectivity index (χ3n) is 4.58. The van der Waals surface area contributed by atoms with Crippen LogP contribution in [0.2, 0.25) is 0 Å². The second-order valence-corrected chi connectivity index (χ2v) is 6.69. The molecule has 0 bridgehead atoms. The minimum atomic E-state index is -0.747. The number of benzene rings is 2. The topological polar surface area (TPSA) is 55.0 Å². The quantitative estimate of drug-likeness (QED) is 0.552. The molecule has 3 rings (SSSR count). The molecule has 0 amide bonds. The van der Waals surface area contributed by atoms with Gasteiger partial charge in [-0.2, -0.15) is 5.26 Å². The Morgan fingerprint density at radius 1 is 1.21 bits per heavy atom. The van der Waals surface area contributed by atoms with Crippen LogP contribution in [0, 0.1) is 17.2 Å². The van der Waals surface area contributed by atoms with E-state index in [0.29, 0.717) is 5.56 Å². The Hall–Kier alpha value is -3.20. The first kappa shape index (κ1) is 19.6. The van der Waals surface area contributed by atoms with Crippen molar-refractivity contribution in [2.75, 3.05) is 13.3 Å². The summed E-state index contributed by atoms with van der Waals surface area (Å²) in [6.45, 7) is 0.170. The largest absolute Gasteiger partial charge is 0.461 e. The maximum Gasteiger partial charge on any atom is 0.302 e. The molecule has 28 heavy (non-hydrogen) atoms. The van der Waals surface area contributed by atoms with Crippen molar-refractivity contribution in [2.24, 2.45) is 5.92 Å². The first-order chi connectivity index (χ1) is 13.5. The minimum absolute atomic E-state index is 0.130. The number of nitrogens with zero attached hydrogens (tertiary/aromatic N) is 2. The highest BCUT2D eigenvalue weighted by Crippen LogP contribution is 2.32. The normalized spacial score (nSPS) is 11.0. The molecule has 0 radical (unpaired) electrons. The number of carbonyl (C=O) groups excluding carboxylic acids is 1.